The molecule has 0 aliphatic carbocycles. The molecule has 76 valence electrons. The van der Waals surface area contributed by atoms with E-state index in [1.807, 2.05) is 6.07 Å². The molecule has 0 amide bonds. The molecule has 0 bridgehead atoms. The SMILES string of the molecule is OCC1(Cc2ccccc2)CCNC1. The Bertz CT molecular complexity index is 278. The minimum Gasteiger partial charge on any atom is -0.396 e. The van der Waals surface area contributed by atoms with E-state index in [4.69, 9.17) is 0 Å². The topological polar surface area (TPSA) is 32.3 Å². The molecule has 1 atom stereocenters. The van der Waals surface area contributed by atoms with Crippen LogP contribution in [-0.4, -0.2) is 24.8 Å². The fourth-order valence-electron chi connectivity index (χ4n) is 2.17. The summed E-state index contributed by atoms with van der Waals surface area (Å²) in [4.78, 5) is 0. The molecule has 14 heavy (non-hydrogen) atoms. The second kappa shape index (κ2) is 4.11. The first-order valence-corrected chi connectivity index (χ1v) is 5.20. The maximum Gasteiger partial charge on any atom is 0.0503 e. The van der Waals surface area contributed by atoms with Crippen LogP contribution >= 0.6 is 0 Å². The summed E-state index contributed by atoms with van der Waals surface area (Å²) in [5.74, 6) is 0. The van der Waals surface area contributed by atoms with E-state index in [0.717, 1.165) is 25.9 Å². The lowest BCUT2D eigenvalue weighted by Gasteiger charge is -2.25. The minimum atomic E-state index is 0.0847. The van der Waals surface area contributed by atoms with Gasteiger partial charge in [-0.2, -0.15) is 0 Å². The van der Waals surface area contributed by atoms with Gasteiger partial charge in [0.25, 0.3) is 0 Å². The smallest absolute Gasteiger partial charge is 0.0503 e. The molecule has 1 unspecified atom stereocenters. The van der Waals surface area contributed by atoms with Gasteiger partial charge >= 0.3 is 0 Å². The summed E-state index contributed by atoms with van der Waals surface area (Å²) in [6.45, 7) is 2.26. The lowest BCUT2D eigenvalue weighted by Crippen LogP contribution is -2.30. The number of hydrogen-bond donors (Lipinski definition) is 2. The van der Waals surface area contributed by atoms with E-state index < -0.39 is 0 Å². The Labute approximate surface area is 85.0 Å². The van der Waals surface area contributed by atoms with Crippen molar-refractivity contribution in [3.8, 4) is 0 Å². The Kier molecular flexibility index (Phi) is 2.85. The van der Waals surface area contributed by atoms with Crippen LogP contribution in [0.1, 0.15) is 12.0 Å². The summed E-state index contributed by atoms with van der Waals surface area (Å²) in [6.07, 6.45) is 2.07. The zero-order chi connectivity index (χ0) is 9.86. The van der Waals surface area contributed by atoms with Gasteiger partial charge in [-0.05, 0) is 24.9 Å². The zero-order valence-corrected chi connectivity index (χ0v) is 8.37. The number of rotatable bonds is 3. The van der Waals surface area contributed by atoms with Gasteiger partial charge < -0.3 is 10.4 Å². The van der Waals surface area contributed by atoms with Crippen LogP contribution < -0.4 is 5.32 Å². The molecule has 1 aromatic carbocycles. The molecule has 1 aliphatic rings. The summed E-state index contributed by atoms with van der Waals surface area (Å²) >= 11 is 0. The molecule has 2 rings (SSSR count). The van der Waals surface area contributed by atoms with E-state index in [1.165, 1.54) is 5.56 Å². The third kappa shape index (κ3) is 1.97. The van der Waals surface area contributed by atoms with E-state index >= 15 is 0 Å². The Morgan fingerprint density at radius 2 is 2.07 bits per heavy atom. The van der Waals surface area contributed by atoms with Gasteiger partial charge in [0.05, 0.1) is 6.61 Å². The van der Waals surface area contributed by atoms with Crippen LogP contribution in [-0.2, 0) is 6.42 Å². The number of benzene rings is 1. The second-order valence-corrected chi connectivity index (χ2v) is 4.25. The molecular weight excluding hydrogens is 174 g/mol. The average Bonchev–Trinajstić information content (AvgIpc) is 2.69. The van der Waals surface area contributed by atoms with Gasteiger partial charge in [0.2, 0.25) is 0 Å². The molecule has 1 fully saturated rings. The summed E-state index contributed by atoms with van der Waals surface area (Å²) < 4.78 is 0. The first-order chi connectivity index (χ1) is 6.85. The van der Waals surface area contributed by atoms with Gasteiger partial charge in [0.15, 0.2) is 0 Å². The first kappa shape index (κ1) is 9.69. The zero-order valence-electron chi connectivity index (χ0n) is 8.37. The molecular formula is C12H17NO. The van der Waals surface area contributed by atoms with Crippen LogP contribution in [0.2, 0.25) is 0 Å². The Morgan fingerprint density at radius 1 is 1.29 bits per heavy atom. The van der Waals surface area contributed by atoms with Crippen molar-refractivity contribution in [2.45, 2.75) is 12.8 Å². The molecule has 1 saturated heterocycles. The van der Waals surface area contributed by atoms with Gasteiger partial charge in [-0.15, -0.1) is 0 Å². The number of nitrogens with one attached hydrogen (secondary N) is 1. The molecule has 0 spiro atoms. The van der Waals surface area contributed by atoms with E-state index in [1.54, 1.807) is 0 Å². The molecule has 0 saturated carbocycles. The molecule has 2 heteroatoms. The van der Waals surface area contributed by atoms with Crippen molar-refractivity contribution in [3.05, 3.63) is 35.9 Å². The summed E-state index contributed by atoms with van der Waals surface area (Å²) in [6, 6.07) is 10.4. The van der Waals surface area contributed by atoms with Crippen LogP contribution in [0.3, 0.4) is 0 Å². The Balaban J connectivity index is 2.08. The molecule has 1 aliphatic heterocycles. The summed E-state index contributed by atoms with van der Waals surface area (Å²) in [5.41, 5.74) is 1.41. The molecule has 2 N–H and O–H groups in total. The fourth-order valence-corrected chi connectivity index (χ4v) is 2.17. The van der Waals surface area contributed by atoms with Crippen molar-refractivity contribution in [2.24, 2.45) is 5.41 Å². The third-order valence-electron chi connectivity index (χ3n) is 3.09. The van der Waals surface area contributed by atoms with Crippen LogP contribution in [0.15, 0.2) is 30.3 Å². The molecule has 0 aromatic heterocycles. The van der Waals surface area contributed by atoms with Crippen molar-refractivity contribution >= 4 is 0 Å². The summed E-state index contributed by atoms with van der Waals surface area (Å²) in [7, 11) is 0. The average molecular weight is 191 g/mol. The molecule has 2 nitrogen and oxygen atoms in total. The molecule has 0 radical (unpaired) electrons. The highest BCUT2D eigenvalue weighted by Crippen LogP contribution is 2.29. The predicted octanol–water partition coefficient (Wildman–Crippen LogP) is 1.20. The van der Waals surface area contributed by atoms with E-state index in [2.05, 4.69) is 29.6 Å². The molecule has 1 aromatic rings. The highest BCUT2D eigenvalue weighted by Gasteiger charge is 2.32. The standard InChI is InChI=1S/C12H17NO/c14-10-12(6-7-13-9-12)8-11-4-2-1-3-5-11/h1-5,13-14H,6-10H2. The Morgan fingerprint density at radius 3 is 2.64 bits per heavy atom. The van der Waals surface area contributed by atoms with Crippen LogP contribution in [0.25, 0.3) is 0 Å². The maximum absolute atomic E-state index is 9.44. The summed E-state index contributed by atoms with van der Waals surface area (Å²) in [5, 5.41) is 12.8. The van der Waals surface area contributed by atoms with Crippen molar-refractivity contribution in [1.82, 2.24) is 5.32 Å². The normalized spacial score (nSPS) is 26.6. The quantitative estimate of drug-likeness (QED) is 0.752. The lowest BCUT2D eigenvalue weighted by atomic mass is 9.82. The van der Waals surface area contributed by atoms with Crippen molar-refractivity contribution in [2.75, 3.05) is 19.7 Å². The highest BCUT2D eigenvalue weighted by atomic mass is 16.3. The largest absolute Gasteiger partial charge is 0.396 e. The van der Waals surface area contributed by atoms with Crippen LogP contribution in [0.5, 0.6) is 0 Å². The van der Waals surface area contributed by atoms with Crippen LogP contribution in [0, 0.1) is 5.41 Å². The first-order valence-electron chi connectivity index (χ1n) is 5.20. The van der Waals surface area contributed by atoms with Gasteiger partial charge in [0.1, 0.15) is 0 Å². The lowest BCUT2D eigenvalue weighted by molar-refractivity contribution is 0.143. The van der Waals surface area contributed by atoms with E-state index in [9.17, 15) is 5.11 Å². The number of aliphatic hydroxyl groups is 1. The van der Waals surface area contributed by atoms with E-state index in [-0.39, 0.29) is 12.0 Å². The maximum atomic E-state index is 9.44. The minimum absolute atomic E-state index is 0.0847. The number of hydrogen-bond acceptors (Lipinski definition) is 2. The Hall–Kier alpha value is -0.860. The predicted molar refractivity (Wildman–Crippen MR) is 57.2 cm³/mol. The van der Waals surface area contributed by atoms with Gasteiger partial charge in [0, 0.05) is 12.0 Å². The van der Waals surface area contributed by atoms with Gasteiger partial charge in [-0.25, -0.2) is 0 Å². The number of aliphatic hydroxyl groups excluding tert-OH is 1. The highest BCUT2D eigenvalue weighted by molar-refractivity contribution is 5.17. The second-order valence-electron chi connectivity index (χ2n) is 4.25. The van der Waals surface area contributed by atoms with E-state index in [0.29, 0.717) is 0 Å². The van der Waals surface area contributed by atoms with Gasteiger partial charge in [-0.1, -0.05) is 30.3 Å². The van der Waals surface area contributed by atoms with Crippen molar-refractivity contribution in [1.29, 1.82) is 0 Å². The third-order valence-corrected chi connectivity index (χ3v) is 3.09. The monoisotopic (exact) mass is 191 g/mol. The van der Waals surface area contributed by atoms with Gasteiger partial charge in [-0.3, -0.25) is 0 Å². The fraction of sp³-hybridized carbons (Fsp3) is 0.500. The molecule has 1 heterocycles. The van der Waals surface area contributed by atoms with Crippen molar-refractivity contribution in [3.63, 3.8) is 0 Å². The van der Waals surface area contributed by atoms with Crippen molar-refractivity contribution < 1.29 is 5.11 Å². The van der Waals surface area contributed by atoms with Crippen LogP contribution in [0.4, 0.5) is 0 Å².